The largest absolute Gasteiger partial charge is 0.476 e. The minimum Gasteiger partial charge on any atom is -0.476 e. The van der Waals surface area contributed by atoms with Crippen LogP contribution in [-0.2, 0) is 0 Å². The maximum absolute atomic E-state index is 10.5. The molecule has 0 atom stereocenters. The molecule has 15 heavy (non-hydrogen) atoms. The summed E-state index contributed by atoms with van der Waals surface area (Å²) < 4.78 is 9.58. The minimum atomic E-state index is -1.20. The van der Waals surface area contributed by atoms with Gasteiger partial charge in [0.25, 0.3) is 11.6 Å². The van der Waals surface area contributed by atoms with E-state index < -0.39 is 5.97 Å². The summed E-state index contributed by atoms with van der Waals surface area (Å²) in [6.07, 6.45) is 2.16. The number of aromatic nitrogens is 2. The van der Waals surface area contributed by atoms with Gasteiger partial charge in [-0.3, -0.25) is 0 Å². The molecule has 0 fully saturated rings. The van der Waals surface area contributed by atoms with E-state index in [0.717, 1.165) is 6.26 Å². The third-order valence-corrected chi connectivity index (χ3v) is 1.53. The van der Waals surface area contributed by atoms with Gasteiger partial charge in [-0.1, -0.05) is 11.6 Å². The van der Waals surface area contributed by atoms with Crippen molar-refractivity contribution < 1.29 is 18.7 Å². The Kier molecular flexibility index (Phi) is 1.95. The van der Waals surface area contributed by atoms with E-state index in [0.29, 0.717) is 0 Å². The molecule has 0 aromatic carbocycles. The van der Waals surface area contributed by atoms with E-state index in [1.54, 1.807) is 0 Å². The fraction of sp³-hybridized carbons (Fsp3) is 0. The minimum absolute atomic E-state index is 0.00560. The summed E-state index contributed by atoms with van der Waals surface area (Å²) in [7, 11) is 0. The fourth-order valence-electron chi connectivity index (χ4n) is 0.903. The lowest BCUT2D eigenvalue weighted by Gasteiger charge is -1.79. The van der Waals surface area contributed by atoms with E-state index in [2.05, 4.69) is 14.8 Å². The van der Waals surface area contributed by atoms with Gasteiger partial charge in [-0.2, -0.15) is 4.98 Å². The smallest absolute Gasteiger partial charge is 0.450 e. The van der Waals surface area contributed by atoms with Crippen LogP contribution in [0.4, 0.5) is 6.01 Å². The second kappa shape index (κ2) is 3.26. The van der Waals surface area contributed by atoms with Crippen LogP contribution in [0.2, 0.25) is 0 Å². The normalized spacial score (nSPS) is 9.80. The molecule has 0 bridgehead atoms. The number of nitrogens with zero attached hydrogens (tertiary/aromatic N) is 3. The predicted molar refractivity (Wildman–Crippen MR) is 45.2 cm³/mol. The number of carbonyl (C=O) groups is 1. The molecule has 1 N–H and O–H groups in total. The molecule has 2 heterocycles. The van der Waals surface area contributed by atoms with E-state index in [1.807, 2.05) is 0 Å². The first-order chi connectivity index (χ1) is 7.20. The first-order valence-corrected chi connectivity index (χ1v) is 3.73. The van der Waals surface area contributed by atoms with Gasteiger partial charge in [0.15, 0.2) is 5.69 Å². The molecule has 0 unspecified atom stereocenters. The van der Waals surface area contributed by atoms with Crippen LogP contribution >= 0.6 is 0 Å². The van der Waals surface area contributed by atoms with Crippen LogP contribution in [0.5, 0.6) is 0 Å². The van der Waals surface area contributed by atoms with Crippen molar-refractivity contribution in [1.82, 2.24) is 9.97 Å². The molecule has 74 valence electrons. The molecule has 0 aliphatic carbocycles. The quantitative estimate of drug-likeness (QED) is 0.748. The van der Waals surface area contributed by atoms with Crippen molar-refractivity contribution in [3.8, 4) is 11.6 Å². The van der Waals surface area contributed by atoms with Gasteiger partial charge in [-0.05, 0) is 0 Å². The standard InChI is InChI=1S/C8H3N3O4/c1-9-8-11-4(2-15-8)6-10-5(3-14-6)7(12)13/h2-3H,(H,12,13). The zero-order valence-corrected chi connectivity index (χ0v) is 7.17. The number of rotatable bonds is 2. The van der Waals surface area contributed by atoms with Gasteiger partial charge < -0.3 is 18.8 Å². The average molecular weight is 205 g/mol. The Labute approximate surface area is 82.8 Å². The Morgan fingerprint density at radius 2 is 2.20 bits per heavy atom. The first kappa shape index (κ1) is 8.96. The predicted octanol–water partition coefficient (Wildman–Crippen LogP) is 1.58. The zero-order chi connectivity index (χ0) is 10.8. The molecule has 2 aromatic rings. The summed E-state index contributed by atoms with van der Waals surface area (Å²) in [5.41, 5.74) is -0.0362. The molecule has 7 heteroatoms. The number of aromatic carboxylic acids is 1. The summed E-state index contributed by atoms with van der Waals surface area (Å²) in [6, 6.07) is -0.153. The first-order valence-electron chi connectivity index (χ1n) is 3.73. The molecule has 0 saturated carbocycles. The molecule has 2 aromatic heterocycles. The lowest BCUT2D eigenvalue weighted by Crippen LogP contribution is -1.95. The number of carboxylic acid groups (broad SMARTS) is 1. The number of oxazole rings is 2. The van der Waals surface area contributed by atoms with E-state index in [4.69, 9.17) is 20.5 Å². The molecule has 0 aliphatic rings. The summed E-state index contributed by atoms with van der Waals surface area (Å²) in [5, 5.41) is 8.58. The second-order valence-electron chi connectivity index (χ2n) is 2.47. The molecule has 0 amide bonds. The third kappa shape index (κ3) is 1.55. The van der Waals surface area contributed by atoms with Crippen LogP contribution in [-0.4, -0.2) is 21.0 Å². The molecular weight excluding hydrogens is 202 g/mol. The zero-order valence-electron chi connectivity index (χ0n) is 7.17. The van der Waals surface area contributed by atoms with Gasteiger partial charge in [-0.15, -0.1) is 0 Å². The van der Waals surface area contributed by atoms with Gasteiger partial charge in [0.2, 0.25) is 0 Å². The van der Waals surface area contributed by atoms with Gasteiger partial charge in [0.1, 0.15) is 12.5 Å². The van der Waals surface area contributed by atoms with Crippen molar-refractivity contribution in [2.24, 2.45) is 0 Å². The molecule has 2 rings (SSSR count). The lowest BCUT2D eigenvalue weighted by atomic mass is 10.5. The van der Waals surface area contributed by atoms with Crippen molar-refractivity contribution in [3.63, 3.8) is 0 Å². The Balaban J connectivity index is 2.38. The highest BCUT2D eigenvalue weighted by Crippen LogP contribution is 2.21. The Morgan fingerprint density at radius 3 is 2.73 bits per heavy atom. The van der Waals surface area contributed by atoms with Crippen molar-refractivity contribution in [1.29, 1.82) is 0 Å². The molecule has 7 nitrogen and oxygen atoms in total. The maximum atomic E-state index is 10.5. The van der Waals surface area contributed by atoms with E-state index in [1.165, 1.54) is 6.26 Å². The molecule has 0 saturated heterocycles. The van der Waals surface area contributed by atoms with Crippen LogP contribution in [0.3, 0.4) is 0 Å². The van der Waals surface area contributed by atoms with Crippen LogP contribution in [0, 0.1) is 6.57 Å². The van der Waals surface area contributed by atoms with Crippen LogP contribution in [0.1, 0.15) is 10.5 Å². The lowest BCUT2D eigenvalue weighted by molar-refractivity contribution is 0.0690. The van der Waals surface area contributed by atoms with Crippen molar-refractivity contribution in [2.75, 3.05) is 0 Å². The van der Waals surface area contributed by atoms with Gasteiger partial charge in [-0.25, -0.2) is 4.79 Å². The highest BCUT2D eigenvalue weighted by Gasteiger charge is 2.17. The average Bonchev–Trinajstić information content (AvgIpc) is 2.86. The number of carboxylic acids is 1. The summed E-state index contributed by atoms with van der Waals surface area (Å²) in [6.45, 7) is 6.62. The van der Waals surface area contributed by atoms with Crippen LogP contribution < -0.4 is 0 Å². The van der Waals surface area contributed by atoms with Crippen molar-refractivity contribution in [2.45, 2.75) is 0 Å². The van der Waals surface area contributed by atoms with Crippen LogP contribution in [0.15, 0.2) is 21.4 Å². The summed E-state index contributed by atoms with van der Waals surface area (Å²) >= 11 is 0. The highest BCUT2D eigenvalue weighted by atomic mass is 16.4. The van der Waals surface area contributed by atoms with Gasteiger partial charge in [0.05, 0.1) is 0 Å². The van der Waals surface area contributed by atoms with Crippen molar-refractivity contribution in [3.05, 3.63) is 29.6 Å². The van der Waals surface area contributed by atoms with Gasteiger partial charge >= 0.3 is 12.0 Å². The molecule has 0 radical (unpaired) electrons. The third-order valence-electron chi connectivity index (χ3n) is 1.53. The molecule has 0 aliphatic heterocycles. The van der Waals surface area contributed by atoms with E-state index >= 15 is 0 Å². The topological polar surface area (TPSA) is 93.7 Å². The van der Waals surface area contributed by atoms with Crippen molar-refractivity contribution >= 4 is 12.0 Å². The summed E-state index contributed by atoms with van der Waals surface area (Å²) in [5.74, 6) is -1.19. The highest BCUT2D eigenvalue weighted by molar-refractivity contribution is 5.85. The Bertz CT molecular complexity index is 548. The molecule has 0 spiro atoms. The van der Waals surface area contributed by atoms with E-state index in [-0.39, 0.29) is 23.3 Å². The van der Waals surface area contributed by atoms with E-state index in [9.17, 15) is 4.79 Å². The SMILES string of the molecule is [C-]#[N+]c1nc(-c2nc(C(=O)O)co2)co1. The molecular formula is C8H3N3O4. The monoisotopic (exact) mass is 205 g/mol. The number of hydrogen-bond donors (Lipinski definition) is 1. The van der Waals surface area contributed by atoms with Gasteiger partial charge in [0, 0.05) is 0 Å². The Hall–Kier alpha value is -2.62. The second-order valence-corrected chi connectivity index (χ2v) is 2.47. The maximum Gasteiger partial charge on any atom is 0.450 e. The Morgan fingerprint density at radius 1 is 1.40 bits per heavy atom. The van der Waals surface area contributed by atoms with Crippen LogP contribution in [0.25, 0.3) is 16.4 Å². The summed E-state index contributed by atoms with van der Waals surface area (Å²) in [4.78, 5) is 20.8. The fourth-order valence-corrected chi connectivity index (χ4v) is 0.903. The number of hydrogen-bond acceptors (Lipinski definition) is 5.